The number of esters is 1. The summed E-state index contributed by atoms with van der Waals surface area (Å²) in [4.78, 5) is 28.4. The van der Waals surface area contributed by atoms with Crippen molar-refractivity contribution in [1.29, 1.82) is 0 Å². The first-order valence-electron chi connectivity index (χ1n) is 8.19. The summed E-state index contributed by atoms with van der Waals surface area (Å²) < 4.78 is 6.94. The number of nitrogens with zero attached hydrogens (tertiary/aromatic N) is 2. The molecule has 2 heterocycles. The first-order chi connectivity index (χ1) is 12.2. The number of rotatable bonds is 6. The Kier molecular flexibility index (Phi) is 5.09. The van der Waals surface area contributed by atoms with Crippen LogP contribution in [0.15, 0.2) is 54.9 Å². The fourth-order valence-corrected chi connectivity index (χ4v) is 2.32. The van der Waals surface area contributed by atoms with Gasteiger partial charge < -0.3 is 14.5 Å². The number of imidazole rings is 1. The number of unbranched alkanes of at least 4 members (excludes halogenated alkanes) is 1. The summed E-state index contributed by atoms with van der Waals surface area (Å²) in [7, 11) is 0. The Bertz CT molecular complexity index is 851. The van der Waals surface area contributed by atoms with Gasteiger partial charge in [0.25, 0.3) is 5.91 Å². The van der Waals surface area contributed by atoms with E-state index in [2.05, 4.69) is 10.3 Å². The highest BCUT2D eigenvalue weighted by atomic mass is 16.5. The SMILES string of the molecule is CCCCOC(=O)c1ccc(NC(=O)c2cn3ccccc3n2)cc1. The summed E-state index contributed by atoms with van der Waals surface area (Å²) in [6, 6.07) is 12.2. The maximum Gasteiger partial charge on any atom is 0.338 e. The van der Waals surface area contributed by atoms with Gasteiger partial charge in [-0.1, -0.05) is 19.4 Å². The summed E-state index contributed by atoms with van der Waals surface area (Å²) in [5.41, 5.74) is 2.08. The van der Waals surface area contributed by atoms with Crippen LogP contribution in [0.5, 0.6) is 0 Å². The van der Waals surface area contributed by atoms with Crippen molar-refractivity contribution in [2.75, 3.05) is 11.9 Å². The molecule has 6 heteroatoms. The summed E-state index contributed by atoms with van der Waals surface area (Å²) in [6.45, 7) is 2.45. The van der Waals surface area contributed by atoms with Crippen LogP contribution in [0.25, 0.3) is 5.65 Å². The van der Waals surface area contributed by atoms with Crippen molar-refractivity contribution >= 4 is 23.2 Å². The molecule has 0 aliphatic heterocycles. The number of pyridine rings is 1. The number of aromatic nitrogens is 2. The highest BCUT2D eigenvalue weighted by Gasteiger charge is 2.12. The highest BCUT2D eigenvalue weighted by molar-refractivity contribution is 6.03. The van der Waals surface area contributed by atoms with Gasteiger partial charge in [0.05, 0.1) is 12.2 Å². The third-order valence-electron chi connectivity index (χ3n) is 3.71. The number of carbonyl (C=O) groups is 2. The van der Waals surface area contributed by atoms with E-state index in [0.29, 0.717) is 29.2 Å². The third-order valence-corrected chi connectivity index (χ3v) is 3.71. The minimum atomic E-state index is -0.355. The lowest BCUT2D eigenvalue weighted by Gasteiger charge is -2.06. The second-order valence-electron chi connectivity index (χ2n) is 5.61. The van der Waals surface area contributed by atoms with Gasteiger partial charge in [-0.2, -0.15) is 0 Å². The molecular formula is C19H19N3O3. The van der Waals surface area contributed by atoms with E-state index in [1.165, 1.54) is 0 Å². The number of nitrogens with one attached hydrogen (secondary N) is 1. The van der Waals surface area contributed by atoms with E-state index in [0.717, 1.165) is 12.8 Å². The van der Waals surface area contributed by atoms with Crippen LogP contribution in [0.1, 0.15) is 40.6 Å². The predicted molar refractivity (Wildman–Crippen MR) is 94.8 cm³/mol. The van der Waals surface area contributed by atoms with Gasteiger partial charge in [-0.3, -0.25) is 4.79 Å². The largest absolute Gasteiger partial charge is 0.462 e. The molecule has 0 aliphatic carbocycles. The van der Waals surface area contributed by atoms with Crippen molar-refractivity contribution in [2.24, 2.45) is 0 Å². The first-order valence-corrected chi connectivity index (χ1v) is 8.19. The molecule has 0 radical (unpaired) electrons. The monoisotopic (exact) mass is 337 g/mol. The predicted octanol–water partition coefficient (Wildman–Crippen LogP) is 3.54. The lowest BCUT2D eigenvalue weighted by molar-refractivity contribution is 0.0499. The molecule has 128 valence electrons. The zero-order valence-electron chi connectivity index (χ0n) is 13.9. The molecule has 6 nitrogen and oxygen atoms in total. The molecule has 0 atom stereocenters. The molecule has 1 amide bonds. The molecule has 3 rings (SSSR count). The Morgan fingerprint density at radius 1 is 1.16 bits per heavy atom. The molecule has 0 unspecified atom stereocenters. The molecule has 1 aromatic carbocycles. The van der Waals surface area contributed by atoms with E-state index in [-0.39, 0.29) is 11.9 Å². The molecule has 0 aliphatic rings. The van der Waals surface area contributed by atoms with E-state index in [1.54, 1.807) is 34.9 Å². The second-order valence-corrected chi connectivity index (χ2v) is 5.61. The van der Waals surface area contributed by atoms with Gasteiger partial charge in [-0.15, -0.1) is 0 Å². The van der Waals surface area contributed by atoms with Crippen LogP contribution < -0.4 is 5.32 Å². The van der Waals surface area contributed by atoms with E-state index in [9.17, 15) is 9.59 Å². The summed E-state index contributed by atoms with van der Waals surface area (Å²) >= 11 is 0. The highest BCUT2D eigenvalue weighted by Crippen LogP contribution is 2.13. The number of fused-ring (bicyclic) bond motifs is 1. The second kappa shape index (κ2) is 7.61. The van der Waals surface area contributed by atoms with Gasteiger partial charge in [0, 0.05) is 18.1 Å². The lowest BCUT2D eigenvalue weighted by atomic mass is 10.2. The number of carbonyl (C=O) groups excluding carboxylic acids is 2. The minimum absolute atomic E-state index is 0.304. The quantitative estimate of drug-likeness (QED) is 0.551. The van der Waals surface area contributed by atoms with Crippen LogP contribution in [0.2, 0.25) is 0 Å². The van der Waals surface area contributed by atoms with Gasteiger partial charge in [-0.05, 0) is 42.8 Å². The molecule has 2 aromatic heterocycles. The zero-order valence-corrected chi connectivity index (χ0v) is 13.9. The van der Waals surface area contributed by atoms with Crippen LogP contribution in [0, 0.1) is 0 Å². The Morgan fingerprint density at radius 3 is 2.68 bits per heavy atom. The molecule has 1 N–H and O–H groups in total. The number of benzene rings is 1. The molecule has 0 spiro atoms. The van der Waals surface area contributed by atoms with Crippen molar-refractivity contribution < 1.29 is 14.3 Å². The zero-order chi connectivity index (χ0) is 17.6. The van der Waals surface area contributed by atoms with Crippen molar-refractivity contribution in [2.45, 2.75) is 19.8 Å². The van der Waals surface area contributed by atoms with Gasteiger partial charge in [0.1, 0.15) is 11.3 Å². The van der Waals surface area contributed by atoms with Crippen LogP contribution in [0.3, 0.4) is 0 Å². The minimum Gasteiger partial charge on any atom is -0.462 e. The average Bonchev–Trinajstić information content (AvgIpc) is 3.07. The maximum atomic E-state index is 12.3. The average molecular weight is 337 g/mol. The summed E-state index contributed by atoms with van der Waals surface area (Å²) in [5, 5.41) is 2.77. The van der Waals surface area contributed by atoms with E-state index in [1.807, 2.05) is 31.3 Å². The van der Waals surface area contributed by atoms with Gasteiger partial charge in [-0.25, -0.2) is 9.78 Å². The van der Waals surface area contributed by atoms with Crippen LogP contribution in [0.4, 0.5) is 5.69 Å². The van der Waals surface area contributed by atoms with Gasteiger partial charge >= 0.3 is 5.97 Å². The van der Waals surface area contributed by atoms with E-state index < -0.39 is 0 Å². The topological polar surface area (TPSA) is 72.7 Å². The Hall–Kier alpha value is -3.15. The third kappa shape index (κ3) is 4.03. The molecule has 3 aromatic rings. The number of amides is 1. The first kappa shape index (κ1) is 16.7. The van der Waals surface area contributed by atoms with Crippen molar-refractivity contribution in [3.63, 3.8) is 0 Å². The lowest BCUT2D eigenvalue weighted by Crippen LogP contribution is -2.12. The van der Waals surface area contributed by atoms with Crippen molar-refractivity contribution in [1.82, 2.24) is 9.38 Å². The molecular weight excluding hydrogens is 318 g/mol. The molecule has 0 saturated heterocycles. The molecule has 0 bridgehead atoms. The fraction of sp³-hybridized carbons (Fsp3) is 0.211. The van der Waals surface area contributed by atoms with Crippen LogP contribution in [-0.2, 0) is 4.74 Å². The van der Waals surface area contributed by atoms with Crippen molar-refractivity contribution in [3.05, 3.63) is 66.1 Å². The number of anilines is 1. The molecule has 25 heavy (non-hydrogen) atoms. The standard InChI is InChI=1S/C19H19N3O3/c1-2-3-12-25-19(24)14-7-9-15(10-8-14)20-18(23)16-13-22-11-5-4-6-17(22)21-16/h4-11,13H,2-3,12H2,1H3,(H,20,23). The maximum absolute atomic E-state index is 12.3. The Morgan fingerprint density at radius 2 is 1.96 bits per heavy atom. The Balaban J connectivity index is 1.64. The summed E-state index contributed by atoms with van der Waals surface area (Å²) in [6.07, 6.45) is 5.32. The van der Waals surface area contributed by atoms with E-state index >= 15 is 0 Å². The van der Waals surface area contributed by atoms with Crippen LogP contribution >= 0.6 is 0 Å². The normalized spacial score (nSPS) is 10.6. The van der Waals surface area contributed by atoms with Gasteiger partial charge in [0.2, 0.25) is 0 Å². The summed E-state index contributed by atoms with van der Waals surface area (Å²) in [5.74, 6) is -0.659. The number of hydrogen-bond donors (Lipinski definition) is 1. The molecule has 0 saturated carbocycles. The number of ether oxygens (including phenoxy) is 1. The fourth-order valence-electron chi connectivity index (χ4n) is 2.32. The smallest absolute Gasteiger partial charge is 0.338 e. The molecule has 0 fully saturated rings. The van der Waals surface area contributed by atoms with Gasteiger partial charge in [0.15, 0.2) is 0 Å². The van der Waals surface area contributed by atoms with E-state index in [4.69, 9.17) is 4.74 Å². The Labute approximate surface area is 145 Å². The number of hydrogen-bond acceptors (Lipinski definition) is 4. The van der Waals surface area contributed by atoms with Crippen molar-refractivity contribution in [3.8, 4) is 0 Å². The van der Waals surface area contributed by atoms with Crippen LogP contribution in [-0.4, -0.2) is 27.9 Å².